The summed E-state index contributed by atoms with van der Waals surface area (Å²) in [5.41, 5.74) is 11.0. The van der Waals surface area contributed by atoms with E-state index in [1.807, 2.05) is 36.5 Å². The molecule has 2 aliphatic rings. The average Bonchev–Trinajstić information content (AvgIpc) is 3.06. The van der Waals surface area contributed by atoms with Gasteiger partial charge in [-0.2, -0.15) is 0 Å². The number of nitrogens with two attached hydrogens (primary N) is 1. The van der Waals surface area contributed by atoms with E-state index in [4.69, 9.17) is 33.9 Å². The number of fused-ring (bicyclic) bond motifs is 2. The summed E-state index contributed by atoms with van der Waals surface area (Å²) in [6.45, 7) is 2.78. The van der Waals surface area contributed by atoms with Crippen molar-refractivity contribution in [2.75, 3.05) is 6.54 Å². The highest BCUT2D eigenvalue weighted by Gasteiger charge is 2.52. The lowest BCUT2D eigenvalue weighted by Gasteiger charge is -2.49. The van der Waals surface area contributed by atoms with Crippen molar-refractivity contribution < 1.29 is 0 Å². The predicted octanol–water partition coefficient (Wildman–Crippen LogP) is 6.31. The van der Waals surface area contributed by atoms with Crippen molar-refractivity contribution in [3.05, 3.63) is 99.3 Å². The molecule has 2 fully saturated rings. The zero-order valence-corrected chi connectivity index (χ0v) is 19.9. The third-order valence-corrected chi connectivity index (χ3v) is 8.22. The van der Waals surface area contributed by atoms with Gasteiger partial charge in [-0.1, -0.05) is 65.7 Å². The van der Waals surface area contributed by atoms with Gasteiger partial charge in [0.2, 0.25) is 0 Å². The Morgan fingerprint density at radius 1 is 0.938 bits per heavy atom. The van der Waals surface area contributed by atoms with Gasteiger partial charge >= 0.3 is 0 Å². The molecule has 3 atom stereocenters. The summed E-state index contributed by atoms with van der Waals surface area (Å²) < 4.78 is 0. The van der Waals surface area contributed by atoms with Crippen molar-refractivity contribution >= 4 is 23.2 Å². The summed E-state index contributed by atoms with van der Waals surface area (Å²) in [6.07, 6.45) is 6.23. The molecule has 32 heavy (non-hydrogen) atoms. The Labute approximate surface area is 200 Å². The Morgan fingerprint density at radius 2 is 1.50 bits per heavy atom. The van der Waals surface area contributed by atoms with E-state index in [1.54, 1.807) is 0 Å². The van der Waals surface area contributed by atoms with Crippen LogP contribution in [0.5, 0.6) is 0 Å². The smallest absolute Gasteiger partial charge is 0.0636 e. The van der Waals surface area contributed by atoms with Crippen LogP contribution in [0, 0.1) is 6.92 Å². The SMILES string of the molecule is Cc1cccnc1C1(CN)C[C@H]2CC[C@@H](C1)N2C(c1ccccc1Cl)c1ccccc1Cl. The molecule has 0 saturated carbocycles. The minimum atomic E-state index is -0.0841. The molecule has 0 radical (unpaired) electrons. The molecule has 2 N–H and O–H groups in total. The van der Waals surface area contributed by atoms with Crippen molar-refractivity contribution in [1.82, 2.24) is 9.88 Å². The fourth-order valence-electron chi connectivity index (χ4n) is 6.18. The standard InChI is InChI=1S/C27H29Cl2N3/c1-18-7-6-14-31-26(18)27(17-30)15-19-12-13-20(16-27)32(19)25(21-8-2-4-10-23(21)28)22-9-3-5-11-24(22)29/h2-11,14,19-20,25H,12-13,15-17,30H2,1H3/t19-,20+,27?. The Kier molecular flexibility index (Phi) is 6.02. The van der Waals surface area contributed by atoms with Crippen LogP contribution in [0.2, 0.25) is 10.0 Å². The first-order chi connectivity index (χ1) is 15.5. The van der Waals surface area contributed by atoms with Crippen LogP contribution in [0.4, 0.5) is 0 Å². The van der Waals surface area contributed by atoms with Crippen LogP contribution >= 0.6 is 23.2 Å². The third-order valence-electron chi connectivity index (χ3n) is 7.53. The first-order valence-corrected chi connectivity index (χ1v) is 12.2. The zero-order chi connectivity index (χ0) is 22.3. The molecule has 2 saturated heterocycles. The maximum Gasteiger partial charge on any atom is 0.0636 e. The molecule has 5 heteroatoms. The summed E-state index contributed by atoms with van der Waals surface area (Å²) >= 11 is 13.5. The minimum Gasteiger partial charge on any atom is -0.330 e. The molecule has 3 heterocycles. The van der Waals surface area contributed by atoms with Gasteiger partial charge in [0.25, 0.3) is 0 Å². The van der Waals surface area contributed by atoms with Crippen LogP contribution in [0.25, 0.3) is 0 Å². The molecule has 3 aromatic rings. The van der Waals surface area contributed by atoms with Gasteiger partial charge in [-0.3, -0.25) is 9.88 Å². The van der Waals surface area contributed by atoms with Gasteiger partial charge in [0.05, 0.1) is 11.7 Å². The molecule has 1 aromatic heterocycles. The molecule has 0 spiro atoms. The van der Waals surface area contributed by atoms with Crippen LogP contribution in [0.1, 0.15) is 54.1 Å². The predicted molar refractivity (Wildman–Crippen MR) is 132 cm³/mol. The lowest BCUT2D eigenvalue weighted by molar-refractivity contribution is 0.0584. The van der Waals surface area contributed by atoms with Gasteiger partial charge in [0.15, 0.2) is 0 Å². The number of halogens is 2. The highest BCUT2D eigenvalue weighted by Crippen LogP contribution is 2.52. The summed E-state index contributed by atoms with van der Waals surface area (Å²) in [7, 11) is 0. The number of aromatic nitrogens is 1. The quantitative estimate of drug-likeness (QED) is 0.479. The molecule has 0 aliphatic carbocycles. The summed E-state index contributed by atoms with van der Waals surface area (Å²) in [5, 5.41) is 1.57. The number of aryl methyl sites for hydroxylation is 1. The first kappa shape index (κ1) is 21.9. The Morgan fingerprint density at radius 3 is 2.00 bits per heavy atom. The number of rotatable bonds is 5. The van der Waals surface area contributed by atoms with E-state index in [1.165, 1.54) is 11.3 Å². The molecule has 2 bridgehead atoms. The molecular weight excluding hydrogens is 437 g/mol. The molecule has 1 unspecified atom stereocenters. The molecule has 3 nitrogen and oxygen atoms in total. The summed E-state index contributed by atoms with van der Waals surface area (Å²) in [6, 6.07) is 21.4. The largest absolute Gasteiger partial charge is 0.330 e. The van der Waals surface area contributed by atoms with E-state index < -0.39 is 0 Å². The van der Waals surface area contributed by atoms with Crippen molar-refractivity contribution in [3.63, 3.8) is 0 Å². The van der Waals surface area contributed by atoms with E-state index >= 15 is 0 Å². The van der Waals surface area contributed by atoms with Gasteiger partial charge in [-0.15, -0.1) is 0 Å². The van der Waals surface area contributed by atoms with Gasteiger partial charge in [-0.05, 0) is 67.5 Å². The second-order valence-corrected chi connectivity index (χ2v) is 10.2. The molecule has 5 rings (SSSR count). The lowest BCUT2D eigenvalue weighted by Crippen LogP contribution is -2.54. The fraction of sp³-hybridized carbons (Fsp3) is 0.370. The van der Waals surface area contributed by atoms with Gasteiger partial charge in [-0.25, -0.2) is 0 Å². The maximum absolute atomic E-state index is 6.76. The molecule has 2 aromatic carbocycles. The first-order valence-electron chi connectivity index (χ1n) is 11.4. The minimum absolute atomic E-state index is 0.0236. The second kappa shape index (κ2) is 8.79. The average molecular weight is 466 g/mol. The van der Waals surface area contributed by atoms with Crippen LogP contribution in [0.15, 0.2) is 66.9 Å². The van der Waals surface area contributed by atoms with E-state index in [-0.39, 0.29) is 11.5 Å². The van der Waals surface area contributed by atoms with Crippen molar-refractivity contribution in [2.45, 2.75) is 56.1 Å². The Balaban J connectivity index is 1.59. The van der Waals surface area contributed by atoms with Crippen molar-refractivity contribution in [2.24, 2.45) is 5.73 Å². The molecule has 0 amide bonds. The van der Waals surface area contributed by atoms with Gasteiger partial charge in [0.1, 0.15) is 0 Å². The highest BCUT2D eigenvalue weighted by atomic mass is 35.5. The topological polar surface area (TPSA) is 42.1 Å². The van der Waals surface area contributed by atoms with E-state index in [0.29, 0.717) is 18.6 Å². The number of hydrogen-bond donors (Lipinski definition) is 1. The number of hydrogen-bond acceptors (Lipinski definition) is 3. The third kappa shape index (κ3) is 3.66. The summed E-state index contributed by atoms with van der Waals surface area (Å²) in [5.74, 6) is 0. The van der Waals surface area contributed by atoms with Crippen LogP contribution in [-0.2, 0) is 5.41 Å². The maximum atomic E-state index is 6.76. The van der Waals surface area contributed by atoms with Crippen molar-refractivity contribution in [3.8, 4) is 0 Å². The second-order valence-electron chi connectivity index (χ2n) is 9.34. The molecule has 2 aliphatic heterocycles. The van der Waals surface area contributed by atoms with Crippen LogP contribution in [0.3, 0.4) is 0 Å². The lowest BCUT2D eigenvalue weighted by atomic mass is 9.70. The van der Waals surface area contributed by atoms with Gasteiger partial charge in [0, 0.05) is 40.3 Å². The molecule has 166 valence electrons. The van der Waals surface area contributed by atoms with Crippen molar-refractivity contribution in [1.29, 1.82) is 0 Å². The van der Waals surface area contributed by atoms with Crippen LogP contribution in [-0.4, -0.2) is 28.5 Å². The van der Waals surface area contributed by atoms with Gasteiger partial charge < -0.3 is 5.73 Å². The Hall–Kier alpha value is -1.91. The monoisotopic (exact) mass is 465 g/mol. The Bertz CT molecular complexity index is 1060. The summed E-state index contributed by atoms with van der Waals surface area (Å²) in [4.78, 5) is 7.49. The number of nitrogens with zero attached hydrogens (tertiary/aromatic N) is 2. The highest BCUT2D eigenvalue weighted by molar-refractivity contribution is 6.32. The molecular formula is C27H29Cl2N3. The normalized spacial score (nSPS) is 25.4. The van der Waals surface area contributed by atoms with E-state index in [9.17, 15) is 0 Å². The number of pyridine rings is 1. The fourth-order valence-corrected chi connectivity index (χ4v) is 6.66. The van der Waals surface area contributed by atoms with E-state index in [2.05, 4.69) is 42.2 Å². The number of piperidine rings is 1. The number of benzene rings is 2. The van der Waals surface area contributed by atoms with E-state index in [0.717, 1.165) is 46.9 Å². The zero-order valence-electron chi connectivity index (χ0n) is 18.3. The van der Waals surface area contributed by atoms with Crippen LogP contribution < -0.4 is 5.73 Å².